The summed E-state index contributed by atoms with van der Waals surface area (Å²) >= 11 is 0. The number of carbonyl (C=O) groups excluding carboxylic acids is 1. The molecule has 0 N–H and O–H groups in total. The van der Waals surface area contributed by atoms with Gasteiger partial charge < -0.3 is 9.30 Å². The number of benzene rings is 2. The third-order valence-corrected chi connectivity index (χ3v) is 4.77. The van der Waals surface area contributed by atoms with Crippen molar-refractivity contribution in [2.24, 2.45) is 0 Å². The summed E-state index contributed by atoms with van der Waals surface area (Å²) in [5, 5.41) is 1.02. The van der Waals surface area contributed by atoms with Gasteiger partial charge in [0.25, 0.3) is 0 Å². The number of ether oxygens (including phenoxy) is 1. The molecular weight excluding hydrogens is 310 g/mol. The highest BCUT2D eigenvalue weighted by molar-refractivity contribution is 6.17. The molecule has 3 aromatic rings. The van der Waals surface area contributed by atoms with Gasteiger partial charge in [0.1, 0.15) is 0 Å². The van der Waals surface area contributed by atoms with Crippen LogP contribution in [0.5, 0.6) is 0 Å². The minimum atomic E-state index is 0.0827. The molecular formula is C22H25NO2. The Hall–Kier alpha value is -2.39. The fourth-order valence-electron chi connectivity index (χ4n) is 3.51. The first kappa shape index (κ1) is 17.4. The number of carbonyl (C=O) groups is 1. The highest BCUT2D eigenvalue weighted by atomic mass is 16.5. The van der Waals surface area contributed by atoms with Crippen LogP contribution in [-0.2, 0) is 4.74 Å². The van der Waals surface area contributed by atoms with Gasteiger partial charge in [-0.05, 0) is 26.3 Å². The molecule has 0 bridgehead atoms. The lowest BCUT2D eigenvalue weighted by Gasteiger charge is -2.20. The zero-order valence-corrected chi connectivity index (χ0v) is 15.2. The van der Waals surface area contributed by atoms with Gasteiger partial charge in [-0.1, -0.05) is 55.5 Å². The van der Waals surface area contributed by atoms with E-state index in [-0.39, 0.29) is 11.8 Å². The van der Waals surface area contributed by atoms with E-state index in [2.05, 4.69) is 17.6 Å². The highest BCUT2D eigenvalue weighted by Gasteiger charge is 2.24. The summed E-state index contributed by atoms with van der Waals surface area (Å²) in [5.41, 5.74) is 3.65. The molecule has 3 nitrogen and oxygen atoms in total. The first-order valence-electron chi connectivity index (χ1n) is 8.96. The predicted molar refractivity (Wildman–Crippen MR) is 102 cm³/mol. The molecule has 0 aliphatic heterocycles. The van der Waals surface area contributed by atoms with Crippen LogP contribution in [0.15, 0.2) is 54.6 Å². The Morgan fingerprint density at radius 3 is 2.40 bits per heavy atom. The Morgan fingerprint density at radius 2 is 1.72 bits per heavy atom. The molecule has 25 heavy (non-hydrogen) atoms. The monoisotopic (exact) mass is 335 g/mol. The summed E-state index contributed by atoms with van der Waals surface area (Å²) in [5.74, 6) is 0.0827. The number of hydrogen-bond donors (Lipinski definition) is 0. The molecule has 3 rings (SSSR count). The Bertz CT molecular complexity index is 864. The predicted octanol–water partition coefficient (Wildman–Crippen LogP) is 5.17. The zero-order valence-electron chi connectivity index (χ0n) is 15.2. The van der Waals surface area contributed by atoms with Crippen molar-refractivity contribution >= 4 is 16.7 Å². The van der Waals surface area contributed by atoms with Gasteiger partial charge in [-0.15, -0.1) is 0 Å². The average molecular weight is 335 g/mol. The molecule has 0 saturated heterocycles. The molecule has 130 valence electrons. The van der Waals surface area contributed by atoms with Crippen molar-refractivity contribution in [3.05, 3.63) is 71.4 Å². The minimum absolute atomic E-state index is 0.0827. The van der Waals surface area contributed by atoms with Crippen molar-refractivity contribution in [1.29, 1.82) is 0 Å². The third-order valence-electron chi connectivity index (χ3n) is 4.77. The highest BCUT2D eigenvalue weighted by Crippen LogP contribution is 2.32. The topological polar surface area (TPSA) is 31.2 Å². The molecule has 0 fully saturated rings. The molecule has 1 aromatic heterocycles. The van der Waals surface area contributed by atoms with E-state index in [1.54, 1.807) is 0 Å². The summed E-state index contributed by atoms with van der Waals surface area (Å²) < 4.78 is 7.97. The molecule has 0 radical (unpaired) electrons. The van der Waals surface area contributed by atoms with Gasteiger partial charge >= 0.3 is 0 Å². The second-order valence-electron chi connectivity index (χ2n) is 6.26. The number of ketones is 1. The van der Waals surface area contributed by atoms with Gasteiger partial charge in [0.05, 0.1) is 18.2 Å². The lowest BCUT2D eigenvalue weighted by Crippen LogP contribution is -2.16. The van der Waals surface area contributed by atoms with Gasteiger partial charge in [-0.2, -0.15) is 0 Å². The fourth-order valence-corrected chi connectivity index (χ4v) is 3.51. The van der Waals surface area contributed by atoms with E-state index < -0.39 is 0 Å². The third kappa shape index (κ3) is 3.24. The summed E-state index contributed by atoms with van der Waals surface area (Å²) in [6.07, 6.45) is 0.957. The molecule has 1 atom stereocenters. The molecule has 2 aromatic carbocycles. The van der Waals surface area contributed by atoms with Crippen LogP contribution in [0.2, 0.25) is 0 Å². The first-order chi connectivity index (χ1) is 12.2. The normalized spacial score (nSPS) is 12.4. The number of nitrogens with zero attached hydrogens (tertiary/aromatic N) is 1. The number of hydrogen-bond acceptors (Lipinski definition) is 2. The van der Waals surface area contributed by atoms with E-state index in [0.29, 0.717) is 13.2 Å². The SMILES string of the molecule is CCOCC(CC)n1c(C)c(C(=O)c2ccccc2)c2ccccc21. The second-order valence-corrected chi connectivity index (χ2v) is 6.26. The number of fused-ring (bicyclic) bond motifs is 1. The van der Waals surface area contributed by atoms with Gasteiger partial charge in [0.2, 0.25) is 0 Å². The lowest BCUT2D eigenvalue weighted by atomic mass is 10.0. The van der Waals surface area contributed by atoms with Crippen molar-refractivity contribution in [1.82, 2.24) is 4.57 Å². The molecule has 3 heteroatoms. The molecule has 0 aliphatic carbocycles. The molecule has 1 unspecified atom stereocenters. The summed E-state index contributed by atoms with van der Waals surface area (Å²) in [6, 6.07) is 17.9. The zero-order chi connectivity index (χ0) is 17.8. The smallest absolute Gasteiger partial charge is 0.195 e. The van der Waals surface area contributed by atoms with Crippen molar-refractivity contribution < 1.29 is 9.53 Å². The molecule has 0 spiro atoms. The summed E-state index contributed by atoms with van der Waals surface area (Å²) in [6.45, 7) is 7.58. The molecule has 1 heterocycles. The van der Waals surface area contributed by atoms with Crippen LogP contribution in [-0.4, -0.2) is 23.6 Å². The van der Waals surface area contributed by atoms with Crippen LogP contribution < -0.4 is 0 Å². The van der Waals surface area contributed by atoms with E-state index in [1.165, 1.54) is 0 Å². The molecule has 0 amide bonds. The summed E-state index contributed by atoms with van der Waals surface area (Å²) in [4.78, 5) is 13.2. The van der Waals surface area contributed by atoms with E-state index in [1.807, 2.05) is 62.4 Å². The van der Waals surface area contributed by atoms with E-state index in [9.17, 15) is 4.79 Å². The maximum absolute atomic E-state index is 13.2. The van der Waals surface area contributed by atoms with Crippen LogP contribution in [0.25, 0.3) is 10.9 Å². The standard InChI is InChI=1S/C22H25NO2/c1-4-18(15-25-5-2)23-16(3)21(19-13-9-10-14-20(19)23)22(24)17-11-7-6-8-12-17/h6-14,18H,4-5,15H2,1-3H3. The number of rotatable bonds is 7. The van der Waals surface area contributed by atoms with Gasteiger partial charge in [0.15, 0.2) is 5.78 Å². The Morgan fingerprint density at radius 1 is 1.04 bits per heavy atom. The maximum atomic E-state index is 13.2. The lowest BCUT2D eigenvalue weighted by molar-refractivity contribution is 0.103. The van der Waals surface area contributed by atoms with Gasteiger partial charge in [-0.3, -0.25) is 4.79 Å². The second kappa shape index (κ2) is 7.66. The largest absolute Gasteiger partial charge is 0.380 e. The Balaban J connectivity index is 2.17. The number of aromatic nitrogens is 1. The van der Waals surface area contributed by atoms with Crippen molar-refractivity contribution in [2.45, 2.75) is 33.2 Å². The minimum Gasteiger partial charge on any atom is -0.380 e. The van der Waals surface area contributed by atoms with Crippen LogP contribution in [0.4, 0.5) is 0 Å². The van der Waals surface area contributed by atoms with Crippen molar-refractivity contribution in [3.63, 3.8) is 0 Å². The van der Waals surface area contributed by atoms with Gasteiger partial charge in [0, 0.05) is 28.8 Å². The maximum Gasteiger partial charge on any atom is 0.195 e. The molecule has 0 saturated carbocycles. The van der Waals surface area contributed by atoms with Crippen LogP contribution in [0.3, 0.4) is 0 Å². The molecule has 0 aliphatic rings. The van der Waals surface area contributed by atoms with Crippen molar-refractivity contribution in [3.8, 4) is 0 Å². The van der Waals surface area contributed by atoms with Crippen LogP contribution in [0, 0.1) is 6.92 Å². The van der Waals surface area contributed by atoms with Gasteiger partial charge in [-0.25, -0.2) is 0 Å². The summed E-state index contributed by atoms with van der Waals surface area (Å²) in [7, 11) is 0. The fraction of sp³-hybridized carbons (Fsp3) is 0.318. The van der Waals surface area contributed by atoms with Crippen LogP contribution in [0.1, 0.15) is 47.9 Å². The van der Waals surface area contributed by atoms with E-state index in [0.717, 1.165) is 34.1 Å². The number of para-hydroxylation sites is 1. The van der Waals surface area contributed by atoms with E-state index in [4.69, 9.17) is 4.74 Å². The Kier molecular flexibility index (Phi) is 5.34. The van der Waals surface area contributed by atoms with E-state index >= 15 is 0 Å². The Labute approximate surface area is 149 Å². The first-order valence-corrected chi connectivity index (χ1v) is 8.96. The van der Waals surface area contributed by atoms with Crippen LogP contribution >= 0.6 is 0 Å². The quantitative estimate of drug-likeness (QED) is 0.558. The van der Waals surface area contributed by atoms with Crippen molar-refractivity contribution in [2.75, 3.05) is 13.2 Å². The average Bonchev–Trinajstić information content (AvgIpc) is 2.95.